The Morgan fingerprint density at radius 2 is 2.24 bits per heavy atom. The quantitative estimate of drug-likeness (QED) is 0.730. The second-order valence-electron chi connectivity index (χ2n) is 5.96. The van der Waals surface area contributed by atoms with Crippen LogP contribution in [0, 0.1) is 11.3 Å². The van der Waals surface area contributed by atoms with Gasteiger partial charge >= 0.3 is 0 Å². The van der Waals surface area contributed by atoms with Gasteiger partial charge in [-0.25, -0.2) is 0 Å². The normalized spacial score (nSPS) is 35.2. The minimum atomic E-state index is 0.0459. The largest absolute Gasteiger partial charge is 0.396 e. The maximum absolute atomic E-state index is 12.3. The molecule has 96 valence electrons. The Hall–Kier alpha value is -0.610. The summed E-state index contributed by atoms with van der Waals surface area (Å²) >= 11 is 0. The maximum Gasteiger partial charge on any atom is 0.239 e. The third-order valence-corrected chi connectivity index (χ3v) is 5.05. The lowest BCUT2D eigenvalue weighted by molar-refractivity contribution is -0.132. The molecule has 0 radical (unpaired) electrons. The van der Waals surface area contributed by atoms with Crippen LogP contribution in [0.1, 0.15) is 32.1 Å². The van der Waals surface area contributed by atoms with Gasteiger partial charge in [0.25, 0.3) is 0 Å². The molecule has 0 aromatic heterocycles. The molecule has 1 aliphatic carbocycles. The minimum absolute atomic E-state index is 0.0459. The van der Waals surface area contributed by atoms with Crippen molar-refractivity contribution in [2.24, 2.45) is 11.3 Å². The van der Waals surface area contributed by atoms with Crippen molar-refractivity contribution < 1.29 is 9.90 Å². The van der Waals surface area contributed by atoms with Gasteiger partial charge in [-0.1, -0.05) is 6.42 Å². The molecule has 1 amide bonds. The summed E-state index contributed by atoms with van der Waals surface area (Å²) in [6.45, 7) is 2.86. The summed E-state index contributed by atoms with van der Waals surface area (Å²) < 4.78 is 0. The third kappa shape index (κ3) is 1.78. The molecule has 2 saturated heterocycles. The van der Waals surface area contributed by atoms with Crippen LogP contribution in [0.2, 0.25) is 0 Å². The van der Waals surface area contributed by atoms with Gasteiger partial charge in [0.05, 0.1) is 6.04 Å². The summed E-state index contributed by atoms with van der Waals surface area (Å²) in [6.07, 6.45) is 5.74. The first-order valence-corrected chi connectivity index (χ1v) is 6.88. The van der Waals surface area contributed by atoms with E-state index in [4.69, 9.17) is 0 Å². The van der Waals surface area contributed by atoms with Crippen molar-refractivity contribution in [2.45, 2.75) is 38.1 Å². The summed E-state index contributed by atoms with van der Waals surface area (Å²) in [7, 11) is 0. The van der Waals surface area contributed by atoms with Crippen LogP contribution in [0.4, 0.5) is 0 Å². The van der Waals surface area contributed by atoms with Gasteiger partial charge in [-0.3, -0.25) is 4.79 Å². The molecular formula is C13H22N2O2. The van der Waals surface area contributed by atoms with Crippen LogP contribution < -0.4 is 5.32 Å². The first kappa shape index (κ1) is 11.5. The zero-order chi connectivity index (χ0) is 11.9. The second-order valence-corrected chi connectivity index (χ2v) is 5.96. The predicted molar refractivity (Wildman–Crippen MR) is 64.5 cm³/mol. The summed E-state index contributed by atoms with van der Waals surface area (Å²) in [5.74, 6) is 0.589. The smallest absolute Gasteiger partial charge is 0.239 e. The molecule has 0 unspecified atom stereocenters. The molecule has 4 heteroatoms. The zero-order valence-electron chi connectivity index (χ0n) is 10.3. The first-order chi connectivity index (χ1) is 8.25. The Morgan fingerprint density at radius 1 is 1.41 bits per heavy atom. The highest BCUT2D eigenvalue weighted by Crippen LogP contribution is 2.51. The molecule has 1 spiro atoms. The zero-order valence-corrected chi connectivity index (χ0v) is 10.3. The Morgan fingerprint density at radius 3 is 2.71 bits per heavy atom. The summed E-state index contributed by atoms with van der Waals surface area (Å²) in [6, 6.07) is 0.0459. The van der Waals surface area contributed by atoms with E-state index in [0.717, 1.165) is 32.5 Å². The van der Waals surface area contributed by atoms with Crippen molar-refractivity contribution in [1.29, 1.82) is 0 Å². The fourth-order valence-corrected chi connectivity index (χ4v) is 3.77. The van der Waals surface area contributed by atoms with E-state index in [-0.39, 0.29) is 24.0 Å². The van der Waals surface area contributed by atoms with Crippen LogP contribution in [-0.2, 0) is 4.79 Å². The molecule has 0 bridgehead atoms. The Bertz CT molecular complexity index is 309. The number of carbonyl (C=O) groups is 1. The lowest BCUT2D eigenvalue weighted by atomic mass is 9.63. The molecule has 0 aromatic rings. The van der Waals surface area contributed by atoms with E-state index < -0.39 is 0 Å². The highest BCUT2D eigenvalue weighted by Gasteiger charge is 2.51. The Balaban J connectivity index is 1.67. The van der Waals surface area contributed by atoms with Gasteiger partial charge in [-0.15, -0.1) is 0 Å². The number of likely N-dealkylation sites (tertiary alicyclic amines) is 1. The van der Waals surface area contributed by atoms with E-state index in [0.29, 0.717) is 5.92 Å². The SMILES string of the molecule is O=C([C@H]1CCCN1)N1C[C@H](CO)C2(CCC2)C1. The van der Waals surface area contributed by atoms with Crippen LogP contribution >= 0.6 is 0 Å². The second kappa shape index (κ2) is 4.25. The Kier molecular flexibility index (Phi) is 2.87. The third-order valence-electron chi connectivity index (χ3n) is 5.05. The lowest BCUT2D eigenvalue weighted by Crippen LogP contribution is -2.44. The van der Waals surface area contributed by atoms with Gasteiger partial charge in [-0.05, 0) is 37.6 Å². The van der Waals surface area contributed by atoms with Gasteiger partial charge in [0.15, 0.2) is 0 Å². The summed E-state index contributed by atoms with van der Waals surface area (Å²) in [4.78, 5) is 14.3. The van der Waals surface area contributed by atoms with Crippen molar-refractivity contribution in [3.8, 4) is 0 Å². The van der Waals surface area contributed by atoms with E-state index in [1.54, 1.807) is 0 Å². The lowest BCUT2D eigenvalue weighted by Gasteiger charge is -2.42. The molecule has 4 nitrogen and oxygen atoms in total. The van der Waals surface area contributed by atoms with Crippen LogP contribution in [0.25, 0.3) is 0 Å². The number of aliphatic hydroxyl groups excluding tert-OH is 1. The number of rotatable bonds is 2. The average Bonchev–Trinajstić information content (AvgIpc) is 2.94. The average molecular weight is 238 g/mol. The molecule has 2 aliphatic heterocycles. The number of nitrogens with one attached hydrogen (secondary N) is 1. The van der Waals surface area contributed by atoms with Gasteiger partial charge in [0.1, 0.15) is 0 Å². The molecular weight excluding hydrogens is 216 g/mol. The van der Waals surface area contributed by atoms with E-state index >= 15 is 0 Å². The van der Waals surface area contributed by atoms with Gasteiger partial charge in [-0.2, -0.15) is 0 Å². The monoisotopic (exact) mass is 238 g/mol. The standard InChI is InChI=1S/C13H22N2O2/c16-8-10-7-15(9-13(10)4-2-5-13)12(17)11-3-1-6-14-11/h10-11,14,16H,1-9H2/t10-,11-/m1/s1. The number of hydrogen-bond donors (Lipinski definition) is 2. The van der Waals surface area contributed by atoms with E-state index in [9.17, 15) is 9.90 Å². The number of hydrogen-bond acceptors (Lipinski definition) is 3. The highest BCUT2D eigenvalue weighted by atomic mass is 16.3. The van der Waals surface area contributed by atoms with E-state index in [1.165, 1.54) is 19.3 Å². The van der Waals surface area contributed by atoms with Crippen LogP contribution in [-0.4, -0.2) is 48.2 Å². The number of nitrogens with zero attached hydrogens (tertiary/aromatic N) is 1. The van der Waals surface area contributed by atoms with E-state index in [2.05, 4.69) is 5.32 Å². The van der Waals surface area contributed by atoms with E-state index in [1.807, 2.05) is 4.90 Å². The van der Waals surface area contributed by atoms with Crippen LogP contribution in [0.15, 0.2) is 0 Å². The highest BCUT2D eigenvalue weighted by molar-refractivity contribution is 5.82. The Labute approximate surface area is 102 Å². The van der Waals surface area contributed by atoms with Crippen LogP contribution in [0.5, 0.6) is 0 Å². The summed E-state index contributed by atoms with van der Waals surface area (Å²) in [5.41, 5.74) is 0.267. The topological polar surface area (TPSA) is 52.6 Å². The predicted octanol–water partition coefficient (Wildman–Crippen LogP) is 0.359. The maximum atomic E-state index is 12.3. The van der Waals surface area contributed by atoms with Crippen molar-refractivity contribution in [2.75, 3.05) is 26.2 Å². The minimum Gasteiger partial charge on any atom is -0.396 e. The summed E-state index contributed by atoms with van der Waals surface area (Å²) in [5, 5.41) is 12.8. The van der Waals surface area contributed by atoms with Crippen molar-refractivity contribution >= 4 is 5.91 Å². The van der Waals surface area contributed by atoms with Gasteiger partial charge in [0, 0.05) is 25.6 Å². The number of carbonyl (C=O) groups excluding carboxylic acids is 1. The molecule has 17 heavy (non-hydrogen) atoms. The number of aliphatic hydroxyl groups is 1. The van der Waals surface area contributed by atoms with Crippen molar-refractivity contribution in [3.63, 3.8) is 0 Å². The number of amides is 1. The van der Waals surface area contributed by atoms with Gasteiger partial charge < -0.3 is 15.3 Å². The molecule has 2 heterocycles. The molecule has 2 N–H and O–H groups in total. The first-order valence-electron chi connectivity index (χ1n) is 6.88. The molecule has 0 aromatic carbocycles. The fraction of sp³-hybridized carbons (Fsp3) is 0.923. The van der Waals surface area contributed by atoms with Gasteiger partial charge in [0.2, 0.25) is 5.91 Å². The molecule has 3 rings (SSSR count). The van der Waals surface area contributed by atoms with Crippen molar-refractivity contribution in [3.05, 3.63) is 0 Å². The molecule has 3 fully saturated rings. The van der Waals surface area contributed by atoms with Crippen LogP contribution in [0.3, 0.4) is 0 Å². The van der Waals surface area contributed by atoms with Crippen molar-refractivity contribution in [1.82, 2.24) is 10.2 Å². The fourth-order valence-electron chi connectivity index (χ4n) is 3.77. The molecule has 3 aliphatic rings. The molecule has 1 saturated carbocycles. The molecule has 2 atom stereocenters.